The molecular formula is C25H31NO7. The van der Waals surface area contributed by atoms with Gasteiger partial charge in [-0.15, -0.1) is 0 Å². The number of amides is 1. The van der Waals surface area contributed by atoms with Crippen molar-refractivity contribution in [2.45, 2.75) is 49.8 Å². The fourth-order valence-corrected chi connectivity index (χ4v) is 4.45. The Morgan fingerprint density at radius 1 is 0.970 bits per heavy atom. The average Bonchev–Trinajstić information content (AvgIpc) is 3.10. The van der Waals surface area contributed by atoms with Gasteiger partial charge in [0.05, 0.1) is 12.0 Å². The maximum absolute atomic E-state index is 13.0. The topological polar surface area (TPSA) is 91.4 Å². The van der Waals surface area contributed by atoms with E-state index >= 15 is 0 Å². The van der Waals surface area contributed by atoms with Crippen LogP contribution in [0.3, 0.4) is 0 Å². The Kier molecular flexibility index (Phi) is 9.06. The highest BCUT2D eigenvalue weighted by atomic mass is 16.7. The molecule has 178 valence electrons. The molecule has 0 saturated carbocycles. The molecule has 1 aromatic carbocycles. The van der Waals surface area contributed by atoms with Crippen LogP contribution in [-0.4, -0.2) is 67.5 Å². The van der Waals surface area contributed by atoms with Crippen LogP contribution in [-0.2, 0) is 23.7 Å². The molecule has 2 heterocycles. The van der Waals surface area contributed by atoms with E-state index in [0.29, 0.717) is 12.8 Å². The highest BCUT2D eigenvalue weighted by Crippen LogP contribution is 2.37. The Bertz CT molecular complexity index is 826. The molecule has 2 fully saturated rings. The predicted octanol–water partition coefficient (Wildman–Crippen LogP) is 4.01. The number of hydrogen-bond acceptors (Lipinski definition) is 7. The molecule has 2 aliphatic rings. The number of carbonyl (C=O) groups is 3. The second-order valence-electron chi connectivity index (χ2n) is 8.15. The van der Waals surface area contributed by atoms with Crippen molar-refractivity contribution in [3.05, 3.63) is 61.2 Å². The Hall–Kier alpha value is -3.13. The number of fused-ring (bicyclic) bond motifs is 2. The van der Waals surface area contributed by atoms with E-state index in [1.807, 2.05) is 30.3 Å². The number of piperidine rings is 1. The third kappa shape index (κ3) is 6.68. The summed E-state index contributed by atoms with van der Waals surface area (Å²) in [5, 5.41) is 0. The van der Waals surface area contributed by atoms with Gasteiger partial charge in [-0.1, -0.05) is 55.6 Å². The predicted molar refractivity (Wildman–Crippen MR) is 121 cm³/mol. The van der Waals surface area contributed by atoms with E-state index in [4.69, 9.17) is 18.9 Å². The molecule has 8 nitrogen and oxygen atoms in total. The lowest BCUT2D eigenvalue weighted by molar-refractivity contribution is -0.129. The summed E-state index contributed by atoms with van der Waals surface area (Å²) in [6, 6.07) is 9.23. The Morgan fingerprint density at radius 2 is 1.61 bits per heavy atom. The van der Waals surface area contributed by atoms with Gasteiger partial charge in [0.1, 0.15) is 26.4 Å². The zero-order chi connectivity index (χ0) is 23.6. The summed E-state index contributed by atoms with van der Waals surface area (Å²) >= 11 is 0. The van der Waals surface area contributed by atoms with Gasteiger partial charge in [0, 0.05) is 12.1 Å². The largest absolute Gasteiger partial charge is 0.508 e. The summed E-state index contributed by atoms with van der Waals surface area (Å²) < 4.78 is 21.2. The minimum atomic E-state index is -0.850. The van der Waals surface area contributed by atoms with Crippen molar-refractivity contribution >= 4 is 18.0 Å². The summed E-state index contributed by atoms with van der Waals surface area (Å²) in [4.78, 5) is 38.9. The van der Waals surface area contributed by atoms with Gasteiger partial charge >= 0.3 is 12.2 Å². The van der Waals surface area contributed by atoms with E-state index in [1.54, 1.807) is 11.0 Å². The van der Waals surface area contributed by atoms with Gasteiger partial charge in [-0.2, -0.15) is 0 Å². The maximum atomic E-state index is 13.0. The van der Waals surface area contributed by atoms with E-state index < -0.39 is 12.1 Å². The number of nitrogens with zero attached hydrogens (tertiary/aromatic N) is 1. The summed E-state index contributed by atoms with van der Waals surface area (Å²) in [5.41, 5.74) is 0.738. The highest BCUT2D eigenvalue weighted by molar-refractivity contribution is 5.87. The summed E-state index contributed by atoms with van der Waals surface area (Å²) in [6.07, 6.45) is 4.81. The number of Topliss-reactive ketones (excluding diaryl/α,β-unsaturated/α-hetero) is 1. The van der Waals surface area contributed by atoms with Crippen LogP contribution in [0.1, 0.15) is 37.2 Å². The molecule has 0 spiro atoms. The van der Waals surface area contributed by atoms with Crippen LogP contribution in [0.4, 0.5) is 9.59 Å². The number of rotatable bonds is 11. The second-order valence-corrected chi connectivity index (χ2v) is 8.15. The van der Waals surface area contributed by atoms with Gasteiger partial charge in [-0.3, -0.25) is 4.79 Å². The molecule has 8 heteroatoms. The minimum Gasteiger partial charge on any atom is -0.445 e. The third-order valence-electron chi connectivity index (χ3n) is 5.96. The van der Waals surface area contributed by atoms with Crippen LogP contribution >= 0.6 is 0 Å². The SMILES string of the molecule is C=CCOC(=O)OC[C@@H](C(=O)COC1CC2CCC(C1)N2C(=O)OCC=C)c1ccccc1. The van der Waals surface area contributed by atoms with Gasteiger partial charge in [-0.05, 0) is 31.2 Å². The molecule has 1 amide bonds. The summed E-state index contributed by atoms with van der Waals surface area (Å²) in [6.45, 7) is 7.03. The Morgan fingerprint density at radius 3 is 2.24 bits per heavy atom. The number of benzene rings is 1. The third-order valence-corrected chi connectivity index (χ3v) is 5.96. The van der Waals surface area contributed by atoms with Gasteiger partial charge in [0.2, 0.25) is 0 Å². The van der Waals surface area contributed by atoms with Crippen molar-refractivity contribution in [2.24, 2.45) is 0 Å². The van der Waals surface area contributed by atoms with Crippen LogP contribution in [0.2, 0.25) is 0 Å². The molecule has 2 unspecified atom stereocenters. The summed E-state index contributed by atoms with van der Waals surface area (Å²) in [7, 11) is 0. The molecule has 33 heavy (non-hydrogen) atoms. The van der Waals surface area contributed by atoms with Crippen molar-refractivity contribution in [1.82, 2.24) is 4.90 Å². The maximum Gasteiger partial charge on any atom is 0.508 e. The first-order valence-electron chi connectivity index (χ1n) is 11.2. The lowest BCUT2D eigenvalue weighted by atomic mass is 9.95. The van der Waals surface area contributed by atoms with Gasteiger partial charge in [0.15, 0.2) is 5.78 Å². The highest BCUT2D eigenvalue weighted by Gasteiger charge is 2.44. The summed E-state index contributed by atoms with van der Waals surface area (Å²) in [5.74, 6) is -0.842. The van der Waals surface area contributed by atoms with Gasteiger partial charge in [-0.25, -0.2) is 9.59 Å². The minimum absolute atomic E-state index is 0.0358. The van der Waals surface area contributed by atoms with Crippen molar-refractivity contribution in [3.8, 4) is 0 Å². The normalized spacial score (nSPS) is 22.2. The van der Waals surface area contributed by atoms with Crippen molar-refractivity contribution in [3.63, 3.8) is 0 Å². The first-order valence-corrected chi connectivity index (χ1v) is 11.2. The van der Waals surface area contributed by atoms with Gasteiger partial charge < -0.3 is 23.8 Å². The first-order chi connectivity index (χ1) is 16.0. The quantitative estimate of drug-likeness (QED) is 0.366. The number of carbonyl (C=O) groups excluding carboxylic acids is 3. The molecule has 3 rings (SSSR count). The second kappa shape index (κ2) is 12.2. The fourth-order valence-electron chi connectivity index (χ4n) is 4.45. The molecule has 1 aromatic rings. The van der Waals surface area contributed by atoms with Crippen molar-refractivity contribution in [1.29, 1.82) is 0 Å². The zero-order valence-electron chi connectivity index (χ0n) is 18.7. The Balaban J connectivity index is 1.55. The monoisotopic (exact) mass is 457 g/mol. The molecular weight excluding hydrogens is 426 g/mol. The standard InChI is InChI=1S/C25H31NO7/c1-3-12-30-24(28)26-19-10-11-20(26)15-21(14-19)32-17-23(27)22(18-8-6-5-7-9-18)16-33-25(29)31-13-4-2/h3-9,19-22H,1-2,10-17H2/t19?,20?,21?,22-/m1/s1. The molecule has 0 aromatic heterocycles. The van der Waals surface area contributed by atoms with Crippen LogP contribution in [0.25, 0.3) is 0 Å². The van der Waals surface area contributed by atoms with Crippen LogP contribution < -0.4 is 0 Å². The number of ether oxygens (including phenoxy) is 4. The molecule has 0 radical (unpaired) electrons. The van der Waals surface area contributed by atoms with E-state index in [2.05, 4.69) is 13.2 Å². The van der Waals surface area contributed by atoms with Crippen molar-refractivity contribution in [2.75, 3.05) is 26.4 Å². The molecule has 0 aliphatic carbocycles. The van der Waals surface area contributed by atoms with E-state index in [1.165, 1.54) is 6.08 Å². The van der Waals surface area contributed by atoms with E-state index in [-0.39, 0.29) is 56.5 Å². The zero-order valence-corrected chi connectivity index (χ0v) is 18.7. The first kappa shape index (κ1) is 24.5. The molecule has 3 atom stereocenters. The van der Waals surface area contributed by atoms with Crippen LogP contribution in [0, 0.1) is 0 Å². The Labute approximate surface area is 194 Å². The molecule has 0 N–H and O–H groups in total. The van der Waals surface area contributed by atoms with Crippen LogP contribution in [0.15, 0.2) is 55.6 Å². The number of hydrogen-bond donors (Lipinski definition) is 0. The van der Waals surface area contributed by atoms with Crippen molar-refractivity contribution < 1.29 is 33.3 Å². The number of ketones is 1. The average molecular weight is 458 g/mol. The molecule has 2 saturated heterocycles. The fraction of sp³-hybridized carbons (Fsp3) is 0.480. The van der Waals surface area contributed by atoms with Crippen LogP contribution in [0.5, 0.6) is 0 Å². The lowest BCUT2D eigenvalue weighted by Crippen LogP contribution is -2.49. The van der Waals surface area contributed by atoms with Gasteiger partial charge in [0.25, 0.3) is 0 Å². The lowest BCUT2D eigenvalue weighted by Gasteiger charge is -2.37. The molecule has 2 aliphatic heterocycles. The molecule has 2 bridgehead atoms. The smallest absolute Gasteiger partial charge is 0.445 e. The van der Waals surface area contributed by atoms with E-state index in [9.17, 15) is 14.4 Å². The van der Waals surface area contributed by atoms with E-state index in [0.717, 1.165) is 18.4 Å².